The maximum Gasteiger partial charge on any atom is 0.213 e. The van der Waals surface area contributed by atoms with Gasteiger partial charge < -0.3 is 4.98 Å². The number of H-pyrrole nitrogens is 1. The molecule has 26 heavy (non-hydrogen) atoms. The van der Waals surface area contributed by atoms with Gasteiger partial charge in [-0.05, 0) is 13.0 Å². The van der Waals surface area contributed by atoms with Crippen LogP contribution in [0.4, 0.5) is 0 Å². The third-order valence-electron chi connectivity index (χ3n) is 4.46. The maximum absolute atomic E-state index is 12.2. The van der Waals surface area contributed by atoms with Gasteiger partial charge in [-0.1, -0.05) is 0 Å². The van der Waals surface area contributed by atoms with Crippen LogP contribution in [0.2, 0.25) is 0 Å². The number of hydrogen-bond donors (Lipinski definition) is 1. The molecule has 1 aliphatic heterocycles. The molecule has 1 aliphatic rings. The van der Waals surface area contributed by atoms with E-state index < -0.39 is 22.1 Å². The Morgan fingerprint density at radius 2 is 2.35 bits per heavy atom. The SMILES string of the molecule is [2H]C1([2H])N(S(=O)(=O)CC)CC1(CC#N)n1cc(-c2ncnc3[nH]ccc23)cn1. The quantitative estimate of drug-likeness (QED) is 0.715. The van der Waals surface area contributed by atoms with E-state index >= 15 is 0 Å². The number of sulfonamides is 1. The summed E-state index contributed by atoms with van der Waals surface area (Å²) in [5, 5.41) is 14.3. The van der Waals surface area contributed by atoms with Crippen molar-refractivity contribution in [2.75, 3.05) is 18.8 Å². The van der Waals surface area contributed by atoms with Crippen LogP contribution in [-0.2, 0) is 15.6 Å². The van der Waals surface area contributed by atoms with Crippen molar-refractivity contribution in [3.05, 3.63) is 31.0 Å². The lowest BCUT2D eigenvalue weighted by molar-refractivity contribution is 0.0719. The van der Waals surface area contributed by atoms with E-state index in [1.54, 1.807) is 12.4 Å². The third-order valence-corrected chi connectivity index (χ3v) is 6.08. The molecule has 1 atom stereocenters. The minimum absolute atomic E-state index is 0.159. The van der Waals surface area contributed by atoms with Crippen molar-refractivity contribution in [1.82, 2.24) is 29.0 Å². The van der Waals surface area contributed by atoms with Gasteiger partial charge >= 0.3 is 0 Å². The minimum Gasteiger partial charge on any atom is -0.346 e. The summed E-state index contributed by atoms with van der Waals surface area (Å²) in [7, 11) is -3.75. The molecule has 0 aromatic carbocycles. The number of nitrogens with one attached hydrogen (secondary N) is 1. The molecule has 0 aliphatic carbocycles. The summed E-state index contributed by atoms with van der Waals surface area (Å²) in [5.74, 6) is -0.216. The van der Waals surface area contributed by atoms with Crippen molar-refractivity contribution >= 4 is 21.1 Å². The van der Waals surface area contributed by atoms with Crippen molar-refractivity contribution in [2.45, 2.75) is 18.9 Å². The molecule has 0 spiro atoms. The second kappa shape index (κ2) is 5.89. The van der Waals surface area contributed by atoms with Crippen LogP contribution in [0.3, 0.4) is 0 Å². The molecule has 134 valence electrons. The summed E-state index contributed by atoms with van der Waals surface area (Å²) in [6.07, 6.45) is 6.05. The number of nitrogens with zero attached hydrogens (tertiary/aromatic N) is 6. The lowest BCUT2D eigenvalue weighted by Crippen LogP contribution is -2.64. The fraction of sp³-hybridized carbons (Fsp3) is 0.375. The summed E-state index contributed by atoms with van der Waals surface area (Å²) in [6, 6.07) is 3.80. The lowest BCUT2D eigenvalue weighted by Gasteiger charge is -2.47. The summed E-state index contributed by atoms with van der Waals surface area (Å²) in [5.41, 5.74) is 0.482. The van der Waals surface area contributed by atoms with Gasteiger partial charge in [0.25, 0.3) is 0 Å². The predicted octanol–water partition coefficient (Wildman–Crippen LogP) is 1.10. The van der Waals surface area contributed by atoms with Crippen molar-refractivity contribution in [1.29, 1.82) is 5.26 Å². The fourth-order valence-corrected chi connectivity index (χ4v) is 4.02. The van der Waals surface area contributed by atoms with E-state index in [4.69, 9.17) is 2.74 Å². The highest BCUT2D eigenvalue weighted by atomic mass is 32.2. The van der Waals surface area contributed by atoms with Crippen LogP contribution < -0.4 is 0 Å². The van der Waals surface area contributed by atoms with E-state index in [1.165, 1.54) is 24.1 Å². The molecule has 0 amide bonds. The largest absolute Gasteiger partial charge is 0.346 e. The first kappa shape index (κ1) is 14.4. The predicted molar refractivity (Wildman–Crippen MR) is 94.3 cm³/mol. The molecular weight excluding hydrogens is 354 g/mol. The van der Waals surface area contributed by atoms with Gasteiger partial charge in [-0.25, -0.2) is 18.4 Å². The molecule has 0 bridgehead atoms. The van der Waals surface area contributed by atoms with E-state index in [0.29, 0.717) is 16.9 Å². The molecule has 1 unspecified atom stereocenters. The third kappa shape index (κ3) is 2.48. The highest BCUT2D eigenvalue weighted by Crippen LogP contribution is 2.35. The fourth-order valence-electron chi connectivity index (χ4n) is 2.99. The van der Waals surface area contributed by atoms with Gasteiger partial charge in [0.05, 0.1) is 30.1 Å². The second-order valence-electron chi connectivity index (χ2n) is 6.02. The Balaban J connectivity index is 1.78. The molecule has 4 heterocycles. The number of hydrogen-bond acceptors (Lipinski definition) is 6. The average Bonchev–Trinajstić information content (AvgIpc) is 3.33. The van der Waals surface area contributed by atoms with Crippen LogP contribution in [0, 0.1) is 11.3 Å². The van der Waals surface area contributed by atoms with Gasteiger partial charge in [0.1, 0.15) is 17.5 Å². The van der Waals surface area contributed by atoms with E-state index in [9.17, 15) is 13.7 Å². The Hall–Kier alpha value is -2.77. The first-order valence-corrected chi connectivity index (χ1v) is 9.59. The average molecular weight is 373 g/mol. The second-order valence-corrected chi connectivity index (χ2v) is 8.20. The molecule has 10 heteroatoms. The van der Waals surface area contributed by atoms with Crippen molar-refractivity contribution in [3.63, 3.8) is 0 Å². The Morgan fingerprint density at radius 3 is 3.08 bits per heavy atom. The minimum atomic E-state index is -3.75. The van der Waals surface area contributed by atoms with Gasteiger partial charge in [-0.2, -0.15) is 14.7 Å². The summed E-state index contributed by atoms with van der Waals surface area (Å²) < 4.78 is 43.4. The molecule has 4 rings (SSSR count). The normalized spacial score (nSPS) is 23.8. The van der Waals surface area contributed by atoms with E-state index in [-0.39, 0.29) is 18.7 Å². The van der Waals surface area contributed by atoms with E-state index in [2.05, 4.69) is 20.1 Å². The van der Waals surface area contributed by atoms with Gasteiger partial charge in [0, 0.05) is 39.1 Å². The number of aromatic amines is 1. The van der Waals surface area contributed by atoms with Crippen LogP contribution in [0.1, 0.15) is 16.1 Å². The van der Waals surface area contributed by atoms with Crippen molar-refractivity contribution in [2.24, 2.45) is 0 Å². The lowest BCUT2D eigenvalue weighted by atomic mass is 9.89. The highest BCUT2D eigenvalue weighted by Gasteiger charge is 2.49. The summed E-state index contributed by atoms with van der Waals surface area (Å²) in [6.45, 7) is -0.983. The zero-order valence-electron chi connectivity index (χ0n) is 15.9. The van der Waals surface area contributed by atoms with Gasteiger partial charge in [-0.15, -0.1) is 0 Å². The molecule has 3 aromatic heterocycles. The number of rotatable bonds is 5. The Labute approximate surface area is 153 Å². The smallest absolute Gasteiger partial charge is 0.213 e. The molecule has 1 saturated heterocycles. The molecule has 9 nitrogen and oxygen atoms in total. The van der Waals surface area contributed by atoms with Gasteiger partial charge in [0.2, 0.25) is 10.0 Å². The monoisotopic (exact) mass is 373 g/mol. The molecule has 1 fully saturated rings. The number of fused-ring (bicyclic) bond motifs is 1. The Bertz CT molecular complexity index is 1200. The molecule has 0 radical (unpaired) electrons. The summed E-state index contributed by atoms with van der Waals surface area (Å²) in [4.78, 5) is 11.4. The van der Waals surface area contributed by atoms with Crippen LogP contribution in [0.25, 0.3) is 22.3 Å². The van der Waals surface area contributed by atoms with Gasteiger partial charge in [-0.3, -0.25) is 4.68 Å². The number of nitriles is 1. The maximum atomic E-state index is 12.2. The molecule has 3 aromatic rings. The Morgan fingerprint density at radius 1 is 1.50 bits per heavy atom. The molecular formula is C16H17N7O2S. The summed E-state index contributed by atoms with van der Waals surface area (Å²) >= 11 is 0. The van der Waals surface area contributed by atoms with Crippen LogP contribution in [0.15, 0.2) is 31.0 Å². The first-order valence-electron chi connectivity index (χ1n) is 8.98. The topological polar surface area (TPSA) is 121 Å². The van der Waals surface area contributed by atoms with Gasteiger partial charge in [0.15, 0.2) is 0 Å². The van der Waals surface area contributed by atoms with Crippen LogP contribution in [0.5, 0.6) is 0 Å². The zero-order chi connectivity index (χ0) is 20.2. The molecule has 0 saturated carbocycles. The van der Waals surface area contributed by atoms with E-state index in [1.807, 2.05) is 12.1 Å². The van der Waals surface area contributed by atoms with Crippen LogP contribution >= 0.6 is 0 Å². The molecule has 1 N–H and O–H groups in total. The Kier molecular flexibility index (Phi) is 3.27. The van der Waals surface area contributed by atoms with Crippen molar-refractivity contribution in [3.8, 4) is 17.3 Å². The van der Waals surface area contributed by atoms with E-state index in [0.717, 1.165) is 9.69 Å². The number of aromatic nitrogens is 5. The zero-order valence-corrected chi connectivity index (χ0v) is 14.7. The highest BCUT2D eigenvalue weighted by molar-refractivity contribution is 7.89. The van der Waals surface area contributed by atoms with Crippen LogP contribution in [-0.4, -0.2) is 56.2 Å². The van der Waals surface area contributed by atoms with Crippen molar-refractivity contribution < 1.29 is 11.2 Å². The standard InChI is InChI=1S/C16H17N7O2S/c1-2-26(24,25)22-9-16(10-22,4-5-17)23-8-12(7-21-23)14-13-3-6-18-15(13)20-11-19-14/h3,6-8,11H,2,4,9-10H2,1H3,(H,18,19,20)/i9D2. The first-order chi connectivity index (χ1) is 13.3.